The van der Waals surface area contributed by atoms with Gasteiger partial charge in [-0.05, 0) is 158 Å². The molecule has 444 valence electrons. The first-order chi connectivity index (χ1) is 41.2. The van der Waals surface area contributed by atoms with Crippen LogP contribution in [0.5, 0.6) is 0 Å². The van der Waals surface area contributed by atoms with Crippen LogP contribution in [0.2, 0.25) is 0 Å². The Labute approximate surface area is 517 Å². The van der Waals surface area contributed by atoms with Gasteiger partial charge in [0.1, 0.15) is 0 Å². The summed E-state index contributed by atoms with van der Waals surface area (Å²) in [6.07, 6.45) is 34.1. The Morgan fingerprint density at radius 3 is 0.750 bits per heavy atom. The predicted octanol–water partition coefficient (Wildman–Crippen LogP) is 24.2. The Kier molecular flexibility index (Phi) is 21.2. The van der Waals surface area contributed by atoms with Gasteiger partial charge in [0.05, 0.1) is 14.6 Å². The van der Waals surface area contributed by atoms with Crippen molar-refractivity contribution < 1.29 is 14.4 Å². The van der Waals surface area contributed by atoms with E-state index in [4.69, 9.17) is 0 Å². The summed E-state index contributed by atoms with van der Waals surface area (Å²) in [7, 11) is 0. The van der Waals surface area contributed by atoms with Gasteiger partial charge in [-0.1, -0.05) is 250 Å². The fourth-order valence-corrected chi connectivity index (χ4v) is 18.1. The number of ketones is 3. The molecule has 0 aliphatic heterocycles. The van der Waals surface area contributed by atoms with Crippen molar-refractivity contribution in [2.24, 2.45) is 0 Å². The highest BCUT2D eigenvalue weighted by Gasteiger charge is 2.58. The number of carbonyl (C=O) groups is 3. The van der Waals surface area contributed by atoms with E-state index < -0.39 is 0 Å². The van der Waals surface area contributed by atoms with E-state index in [1.165, 1.54) is 182 Å². The van der Waals surface area contributed by atoms with Gasteiger partial charge in [0, 0.05) is 32.9 Å². The molecule has 0 fully saturated rings. The monoisotopic (exact) mass is 1180 g/mol. The maximum Gasteiger partial charge on any atom is 0.202 e. The van der Waals surface area contributed by atoms with Crippen LogP contribution in [0.1, 0.15) is 313 Å². The molecule has 3 nitrogen and oxygen atoms in total. The summed E-state index contributed by atoms with van der Waals surface area (Å²) < 4.78 is 0. The van der Waals surface area contributed by atoms with Crippen LogP contribution in [-0.4, -0.2) is 17.3 Å². The second-order valence-electron chi connectivity index (χ2n) is 25.6. The second kappa shape index (κ2) is 28.7. The van der Waals surface area contributed by atoms with Crippen LogP contribution in [-0.2, 0) is 16.2 Å². The Morgan fingerprint density at radius 1 is 0.310 bits per heavy atom. The number of unbranched alkanes of at least 4 members (excludes halogenated alkanes) is 18. The Bertz CT molecular complexity index is 2920. The molecular formula is C78H96O3S3. The van der Waals surface area contributed by atoms with Crippen molar-refractivity contribution >= 4 is 51.4 Å². The summed E-state index contributed by atoms with van der Waals surface area (Å²) in [6.45, 7) is 14.0. The Morgan fingerprint density at radius 2 is 0.548 bits per heavy atom. The van der Waals surface area contributed by atoms with Gasteiger partial charge in [-0.15, -0.1) is 34.0 Å². The molecule has 3 aliphatic rings. The number of benzene rings is 4. The molecule has 10 rings (SSSR count). The minimum Gasteiger partial charge on any atom is -0.288 e. The smallest absolute Gasteiger partial charge is 0.202 e. The first-order valence-corrected chi connectivity index (χ1v) is 36.3. The van der Waals surface area contributed by atoms with Gasteiger partial charge in [-0.3, -0.25) is 14.4 Å². The molecule has 0 unspecified atom stereocenters. The molecule has 0 spiro atoms. The first kappa shape index (κ1) is 62.1. The van der Waals surface area contributed by atoms with E-state index in [1.807, 2.05) is 52.5 Å². The van der Waals surface area contributed by atoms with Gasteiger partial charge in [-0.25, -0.2) is 0 Å². The van der Waals surface area contributed by atoms with Gasteiger partial charge in [0.15, 0.2) is 0 Å². The molecule has 3 aliphatic carbocycles. The van der Waals surface area contributed by atoms with Crippen LogP contribution in [0.15, 0.2) is 107 Å². The fourth-order valence-electron chi connectivity index (χ4n) is 16.0. The standard InChI is InChI=1S/C78H96O3S3/c1-7-13-19-25-43-76(44-26-20-14-8-2)61-52-55(73(79)64-34-31-49-82-64)37-40-58(61)67-70(76)68-59-41-38-56(74(80)65-35-32-50-83-65)53-62(59)77(45-27-21-15-9-3,46-28-22-16-10-4)72(68)69-60-42-39-57(75(81)66-36-33-51-84-66)54-63(60)78(71(67)69,47-29-23-17-11-5)48-30-24-18-12-6/h31-42,49-54H,7-30,43-48H2,1-6H3. The maximum absolute atomic E-state index is 15.0. The Hall–Kier alpha value is -5.01. The van der Waals surface area contributed by atoms with Crippen molar-refractivity contribution in [2.45, 2.75) is 250 Å². The lowest BCUT2D eigenvalue weighted by molar-refractivity contribution is 0.103. The van der Waals surface area contributed by atoms with Crippen molar-refractivity contribution in [2.75, 3.05) is 0 Å². The zero-order chi connectivity index (χ0) is 58.7. The number of hydrogen-bond acceptors (Lipinski definition) is 6. The third kappa shape index (κ3) is 11.9. The van der Waals surface area contributed by atoms with Crippen molar-refractivity contribution in [3.63, 3.8) is 0 Å². The molecule has 3 aromatic heterocycles. The van der Waals surface area contributed by atoms with Crippen molar-refractivity contribution in [1.29, 1.82) is 0 Å². The molecule has 3 heterocycles. The van der Waals surface area contributed by atoms with Gasteiger partial charge in [0.2, 0.25) is 17.3 Å². The van der Waals surface area contributed by atoms with Gasteiger partial charge in [0.25, 0.3) is 0 Å². The molecule has 7 aromatic rings. The van der Waals surface area contributed by atoms with E-state index in [-0.39, 0.29) is 33.6 Å². The van der Waals surface area contributed by atoms with Crippen LogP contribution in [0.3, 0.4) is 0 Å². The summed E-state index contributed by atoms with van der Waals surface area (Å²) in [5, 5.41) is 6.13. The Balaban J connectivity index is 1.40. The normalized spacial score (nSPS) is 14.5. The van der Waals surface area contributed by atoms with Crippen LogP contribution in [0, 0.1) is 0 Å². The van der Waals surface area contributed by atoms with Crippen LogP contribution < -0.4 is 0 Å². The lowest BCUT2D eigenvalue weighted by atomic mass is 9.63. The lowest BCUT2D eigenvalue weighted by Gasteiger charge is -2.40. The minimum absolute atomic E-state index is 0.119. The topological polar surface area (TPSA) is 51.2 Å². The largest absolute Gasteiger partial charge is 0.288 e. The molecule has 6 heteroatoms. The van der Waals surface area contributed by atoms with Crippen molar-refractivity contribution in [3.05, 3.63) is 172 Å². The number of fused-ring (bicyclic) bond motifs is 12. The summed E-state index contributed by atoms with van der Waals surface area (Å²) in [4.78, 5) is 47.4. The summed E-state index contributed by atoms with van der Waals surface area (Å²) in [6, 6.07) is 33.2. The molecule has 84 heavy (non-hydrogen) atoms. The summed E-state index contributed by atoms with van der Waals surface area (Å²) >= 11 is 4.65. The van der Waals surface area contributed by atoms with E-state index in [0.29, 0.717) is 0 Å². The molecule has 0 radical (unpaired) electrons. The number of rotatable bonds is 36. The third-order valence-corrected chi connectivity index (χ3v) is 22.7. The van der Waals surface area contributed by atoms with E-state index in [2.05, 4.69) is 96.1 Å². The SMILES string of the molecule is CCCCCCC1(CCCCCC)c2cc(C(=O)c3cccs3)ccc2-c2c1c1c(c3c2C(CCCCCC)(CCCCCC)c2cc(C(=O)c4cccs4)ccc2-3)C(CCCCCC)(CCCCCC)c2cc(C(=O)c3cccs3)ccc2-1. The first-order valence-electron chi connectivity index (χ1n) is 33.6. The van der Waals surface area contributed by atoms with Crippen molar-refractivity contribution in [1.82, 2.24) is 0 Å². The summed E-state index contributed by atoms with van der Waals surface area (Å²) in [5.74, 6) is 0.356. The van der Waals surface area contributed by atoms with Crippen LogP contribution in [0.25, 0.3) is 33.4 Å². The average molecular weight is 1180 g/mol. The van der Waals surface area contributed by atoms with E-state index in [9.17, 15) is 0 Å². The van der Waals surface area contributed by atoms with E-state index in [1.54, 1.807) is 34.0 Å². The van der Waals surface area contributed by atoms with E-state index in [0.717, 1.165) is 108 Å². The fraction of sp³-hybridized carbons (Fsp3) is 0.500. The van der Waals surface area contributed by atoms with Crippen LogP contribution in [0.4, 0.5) is 0 Å². The van der Waals surface area contributed by atoms with E-state index >= 15 is 14.4 Å². The van der Waals surface area contributed by atoms with Crippen LogP contribution >= 0.6 is 34.0 Å². The highest BCUT2D eigenvalue weighted by molar-refractivity contribution is 7.12. The number of carbonyl (C=O) groups excluding carboxylic acids is 3. The predicted molar refractivity (Wildman–Crippen MR) is 361 cm³/mol. The van der Waals surface area contributed by atoms with Crippen molar-refractivity contribution in [3.8, 4) is 33.4 Å². The molecule has 0 amide bonds. The quantitative estimate of drug-likeness (QED) is 0.0290. The number of thiophene rings is 3. The molecule has 0 bridgehead atoms. The molecular weight excluding hydrogens is 1080 g/mol. The molecule has 0 atom stereocenters. The molecule has 0 N–H and O–H groups in total. The average Bonchev–Trinajstić information content (AvgIpc) is 1.51. The summed E-state index contributed by atoms with van der Waals surface area (Å²) in [5.41, 5.74) is 18.4. The third-order valence-electron chi connectivity index (χ3n) is 20.1. The maximum atomic E-state index is 15.0. The highest BCUT2D eigenvalue weighted by Crippen LogP contribution is 2.71. The molecule has 4 aromatic carbocycles. The zero-order valence-corrected chi connectivity index (χ0v) is 54.5. The molecule has 0 saturated carbocycles. The number of hydrogen-bond donors (Lipinski definition) is 0. The minimum atomic E-state index is -0.370. The second-order valence-corrected chi connectivity index (χ2v) is 28.4. The molecule has 0 saturated heterocycles. The zero-order valence-electron chi connectivity index (χ0n) is 52.1. The van der Waals surface area contributed by atoms with Gasteiger partial charge in [-0.2, -0.15) is 0 Å². The highest BCUT2D eigenvalue weighted by atomic mass is 32.1. The van der Waals surface area contributed by atoms with Gasteiger partial charge < -0.3 is 0 Å². The van der Waals surface area contributed by atoms with Gasteiger partial charge >= 0.3 is 0 Å². The lowest BCUT2D eigenvalue weighted by Crippen LogP contribution is -2.31.